The second-order valence-electron chi connectivity index (χ2n) is 5.51. The molecule has 0 aliphatic carbocycles. The molecule has 1 aromatic carbocycles. The number of nitrogen functional groups attached to an aromatic ring is 1. The molecule has 1 aliphatic rings. The minimum absolute atomic E-state index is 0.150. The van der Waals surface area contributed by atoms with E-state index in [-0.39, 0.29) is 5.91 Å². The quantitative estimate of drug-likeness (QED) is 0.811. The summed E-state index contributed by atoms with van der Waals surface area (Å²) in [7, 11) is 1.55. The molecule has 1 heterocycles. The Balaban J connectivity index is 1.91. The molecule has 0 unspecified atom stereocenters. The topological polar surface area (TPSA) is 67.6 Å². The molecule has 1 amide bonds. The average Bonchev–Trinajstić information content (AvgIpc) is 2.52. The Hall–Kier alpha value is -1.75. The lowest BCUT2D eigenvalue weighted by Gasteiger charge is -2.31. The van der Waals surface area contributed by atoms with E-state index in [2.05, 4.69) is 17.1 Å². The smallest absolute Gasteiger partial charge is 0.257 e. The SMILES string of the molecule is CCN1CCC(CNC(=O)c2c(N)cccc2OC)CC1. The third-order valence-corrected chi connectivity index (χ3v) is 4.21. The van der Waals surface area contributed by atoms with Crippen LogP contribution in [0.4, 0.5) is 5.69 Å². The fraction of sp³-hybridized carbons (Fsp3) is 0.562. The van der Waals surface area contributed by atoms with Gasteiger partial charge >= 0.3 is 0 Å². The lowest BCUT2D eigenvalue weighted by Crippen LogP contribution is -2.38. The summed E-state index contributed by atoms with van der Waals surface area (Å²) in [5.41, 5.74) is 6.78. The molecule has 5 nitrogen and oxygen atoms in total. The number of piperidine rings is 1. The molecule has 1 fully saturated rings. The van der Waals surface area contributed by atoms with Crippen molar-refractivity contribution in [3.05, 3.63) is 23.8 Å². The average molecular weight is 291 g/mol. The van der Waals surface area contributed by atoms with Crippen molar-refractivity contribution in [3.8, 4) is 5.75 Å². The zero-order chi connectivity index (χ0) is 15.2. The maximum absolute atomic E-state index is 12.3. The van der Waals surface area contributed by atoms with Crippen molar-refractivity contribution in [1.82, 2.24) is 10.2 Å². The summed E-state index contributed by atoms with van der Waals surface area (Å²) in [6.07, 6.45) is 2.27. The van der Waals surface area contributed by atoms with Crippen LogP contribution in [0, 0.1) is 5.92 Å². The van der Waals surface area contributed by atoms with E-state index in [4.69, 9.17) is 10.5 Å². The molecule has 0 bridgehead atoms. The van der Waals surface area contributed by atoms with E-state index in [1.54, 1.807) is 25.3 Å². The van der Waals surface area contributed by atoms with Gasteiger partial charge in [0, 0.05) is 12.2 Å². The second-order valence-corrected chi connectivity index (χ2v) is 5.51. The molecule has 2 rings (SSSR count). The third-order valence-electron chi connectivity index (χ3n) is 4.21. The number of hydrogen-bond donors (Lipinski definition) is 2. The molecule has 0 spiro atoms. The third kappa shape index (κ3) is 3.88. The monoisotopic (exact) mass is 291 g/mol. The maximum Gasteiger partial charge on any atom is 0.257 e. The number of carbonyl (C=O) groups excluding carboxylic acids is 1. The van der Waals surface area contributed by atoms with Crippen molar-refractivity contribution < 1.29 is 9.53 Å². The van der Waals surface area contributed by atoms with Gasteiger partial charge < -0.3 is 20.7 Å². The number of benzene rings is 1. The van der Waals surface area contributed by atoms with Crippen LogP contribution < -0.4 is 15.8 Å². The number of methoxy groups -OCH3 is 1. The second kappa shape index (κ2) is 7.31. The number of anilines is 1. The van der Waals surface area contributed by atoms with Gasteiger partial charge in [-0.3, -0.25) is 4.79 Å². The molecular formula is C16H25N3O2. The predicted molar refractivity (Wildman–Crippen MR) is 84.6 cm³/mol. The van der Waals surface area contributed by atoms with Crippen molar-refractivity contribution in [2.75, 3.05) is 39.0 Å². The van der Waals surface area contributed by atoms with Gasteiger partial charge in [-0.05, 0) is 50.5 Å². The van der Waals surface area contributed by atoms with Crippen LogP contribution in [0.3, 0.4) is 0 Å². The zero-order valence-electron chi connectivity index (χ0n) is 12.9. The van der Waals surface area contributed by atoms with E-state index in [0.717, 1.165) is 32.5 Å². The molecule has 1 saturated heterocycles. The normalized spacial score (nSPS) is 16.7. The number of nitrogens with two attached hydrogens (primary N) is 1. The lowest BCUT2D eigenvalue weighted by molar-refractivity contribution is 0.0935. The fourth-order valence-corrected chi connectivity index (χ4v) is 2.79. The van der Waals surface area contributed by atoms with Gasteiger partial charge in [0.1, 0.15) is 11.3 Å². The van der Waals surface area contributed by atoms with E-state index in [9.17, 15) is 4.79 Å². The van der Waals surface area contributed by atoms with Crippen LogP contribution in [-0.2, 0) is 0 Å². The molecule has 21 heavy (non-hydrogen) atoms. The van der Waals surface area contributed by atoms with E-state index in [1.807, 2.05) is 0 Å². The van der Waals surface area contributed by atoms with Crippen LogP contribution >= 0.6 is 0 Å². The summed E-state index contributed by atoms with van der Waals surface area (Å²) in [5.74, 6) is 0.920. The zero-order valence-corrected chi connectivity index (χ0v) is 12.9. The first-order valence-corrected chi connectivity index (χ1v) is 7.58. The van der Waals surface area contributed by atoms with Gasteiger partial charge in [0.15, 0.2) is 0 Å². The molecule has 0 aromatic heterocycles. The Morgan fingerprint density at radius 1 is 1.43 bits per heavy atom. The van der Waals surface area contributed by atoms with E-state index >= 15 is 0 Å². The molecule has 3 N–H and O–H groups in total. The lowest BCUT2D eigenvalue weighted by atomic mass is 9.96. The number of carbonyl (C=O) groups is 1. The van der Waals surface area contributed by atoms with Crippen molar-refractivity contribution in [2.45, 2.75) is 19.8 Å². The van der Waals surface area contributed by atoms with Gasteiger partial charge in [-0.25, -0.2) is 0 Å². The summed E-state index contributed by atoms with van der Waals surface area (Å²) >= 11 is 0. The molecule has 1 aromatic rings. The number of ether oxygens (including phenoxy) is 1. The highest BCUT2D eigenvalue weighted by atomic mass is 16.5. The molecule has 0 atom stereocenters. The van der Waals surface area contributed by atoms with Crippen LogP contribution in [0.25, 0.3) is 0 Å². The molecule has 0 radical (unpaired) electrons. The van der Waals surface area contributed by atoms with Crippen molar-refractivity contribution in [2.24, 2.45) is 5.92 Å². The van der Waals surface area contributed by atoms with E-state index in [1.165, 1.54) is 0 Å². The van der Waals surface area contributed by atoms with Crippen LogP contribution in [0.1, 0.15) is 30.1 Å². The highest BCUT2D eigenvalue weighted by Crippen LogP contribution is 2.24. The first-order valence-electron chi connectivity index (χ1n) is 7.58. The number of hydrogen-bond acceptors (Lipinski definition) is 4. The number of amides is 1. The fourth-order valence-electron chi connectivity index (χ4n) is 2.79. The maximum atomic E-state index is 12.3. The van der Waals surface area contributed by atoms with Crippen molar-refractivity contribution in [1.29, 1.82) is 0 Å². The minimum Gasteiger partial charge on any atom is -0.496 e. The van der Waals surface area contributed by atoms with Crippen molar-refractivity contribution in [3.63, 3.8) is 0 Å². The molecule has 0 saturated carbocycles. The standard InChI is InChI=1S/C16H25N3O2/c1-3-19-9-7-12(8-10-19)11-18-16(20)15-13(17)5-4-6-14(15)21-2/h4-6,12H,3,7-11,17H2,1-2H3,(H,18,20). The summed E-state index contributed by atoms with van der Waals surface area (Å²) in [5, 5.41) is 3.00. The van der Waals surface area contributed by atoms with Gasteiger partial charge in [-0.1, -0.05) is 13.0 Å². The summed E-state index contributed by atoms with van der Waals surface area (Å²) in [6, 6.07) is 5.26. The largest absolute Gasteiger partial charge is 0.496 e. The van der Waals surface area contributed by atoms with Crippen LogP contribution in [0.5, 0.6) is 5.75 Å². The number of rotatable bonds is 5. The first kappa shape index (κ1) is 15.6. The van der Waals surface area contributed by atoms with Gasteiger partial charge in [0.25, 0.3) is 5.91 Å². The van der Waals surface area contributed by atoms with E-state index < -0.39 is 0 Å². The van der Waals surface area contributed by atoms with Gasteiger partial charge in [-0.15, -0.1) is 0 Å². The molecule has 5 heteroatoms. The van der Waals surface area contributed by atoms with Gasteiger partial charge in [0.2, 0.25) is 0 Å². The Labute approximate surface area is 126 Å². The summed E-state index contributed by atoms with van der Waals surface area (Å²) in [6.45, 7) is 6.24. The molecule has 116 valence electrons. The number of nitrogens with one attached hydrogen (secondary N) is 1. The van der Waals surface area contributed by atoms with Crippen molar-refractivity contribution >= 4 is 11.6 Å². The van der Waals surface area contributed by atoms with Gasteiger partial charge in [-0.2, -0.15) is 0 Å². The Morgan fingerprint density at radius 3 is 2.76 bits per heavy atom. The molecular weight excluding hydrogens is 266 g/mol. The summed E-state index contributed by atoms with van der Waals surface area (Å²) < 4.78 is 5.22. The molecule has 1 aliphatic heterocycles. The highest BCUT2D eigenvalue weighted by Gasteiger charge is 2.20. The number of likely N-dealkylation sites (tertiary alicyclic amines) is 1. The van der Waals surface area contributed by atoms with Crippen LogP contribution in [-0.4, -0.2) is 44.1 Å². The first-order chi connectivity index (χ1) is 10.2. The Bertz CT molecular complexity index is 482. The van der Waals surface area contributed by atoms with Crippen LogP contribution in [0.2, 0.25) is 0 Å². The predicted octanol–water partition coefficient (Wildman–Crippen LogP) is 1.74. The van der Waals surface area contributed by atoms with Gasteiger partial charge in [0.05, 0.1) is 7.11 Å². The highest BCUT2D eigenvalue weighted by molar-refractivity contribution is 6.01. The summed E-state index contributed by atoms with van der Waals surface area (Å²) in [4.78, 5) is 14.8. The van der Waals surface area contributed by atoms with E-state index in [0.29, 0.717) is 29.5 Å². The Kier molecular flexibility index (Phi) is 5.44. The number of nitrogens with zero attached hydrogens (tertiary/aromatic N) is 1. The van der Waals surface area contributed by atoms with Crippen LogP contribution in [0.15, 0.2) is 18.2 Å². The Morgan fingerprint density at radius 2 is 2.14 bits per heavy atom. The minimum atomic E-state index is -0.150.